The third kappa shape index (κ3) is 1.00. The maximum atomic E-state index is 11.4. The minimum absolute atomic E-state index is 0.0427. The Bertz CT molecular complexity index is 566. The summed E-state index contributed by atoms with van der Waals surface area (Å²) >= 11 is 0. The van der Waals surface area contributed by atoms with Crippen molar-refractivity contribution >= 4 is 23.3 Å². The Kier molecular flexibility index (Phi) is 1.63. The Morgan fingerprint density at radius 2 is 2.36 bits per heavy atom. The van der Waals surface area contributed by atoms with E-state index in [-0.39, 0.29) is 11.3 Å². The molecule has 0 radical (unpaired) electrons. The van der Waals surface area contributed by atoms with Crippen molar-refractivity contribution in [3.8, 4) is 0 Å². The zero-order valence-electron chi connectivity index (χ0n) is 7.44. The molecule has 2 aromatic rings. The Morgan fingerprint density at radius 1 is 1.64 bits per heavy atom. The van der Waals surface area contributed by atoms with E-state index in [1.807, 2.05) is 0 Å². The number of aldehydes is 1. The maximum Gasteiger partial charge on any atom is 0.262 e. The number of nitrogen functional groups attached to an aromatic ring is 1. The van der Waals surface area contributed by atoms with Gasteiger partial charge >= 0.3 is 0 Å². The summed E-state index contributed by atoms with van der Waals surface area (Å²) in [6, 6.07) is 0. The molecule has 3 N–H and O–H groups in total. The number of aromatic nitrogens is 3. The fraction of sp³-hybridized carbons (Fsp3) is 0.125. The van der Waals surface area contributed by atoms with Crippen molar-refractivity contribution in [2.75, 3.05) is 5.73 Å². The van der Waals surface area contributed by atoms with Gasteiger partial charge in [0.25, 0.3) is 5.56 Å². The zero-order chi connectivity index (χ0) is 10.3. The van der Waals surface area contributed by atoms with Crippen LogP contribution >= 0.6 is 0 Å². The summed E-state index contributed by atoms with van der Waals surface area (Å²) in [5, 5.41) is 0.275. The first-order valence-corrected chi connectivity index (χ1v) is 3.93. The number of aryl methyl sites for hydroxylation is 1. The van der Waals surface area contributed by atoms with Crippen molar-refractivity contribution in [1.82, 2.24) is 14.5 Å². The smallest absolute Gasteiger partial charge is 0.262 e. The molecule has 0 atom stereocenters. The number of nitrogens with two attached hydrogens (primary N) is 1. The highest BCUT2D eigenvalue weighted by molar-refractivity contribution is 5.95. The molecule has 0 saturated carbocycles. The van der Waals surface area contributed by atoms with Crippen molar-refractivity contribution in [1.29, 1.82) is 0 Å². The van der Waals surface area contributed by atoms with E-state index in [1.165, 1.54) is 0 Å². The number of fused-ring (bicyclic) bond motifs is 1. The molecule has 2 aromatic heterocycles. The predicted molar refractivity (Wildman–Crippen MR) is 51.1 cm³/mol. The third-order valence-corrected chi connectivity index (χ3v) is 2.00. The summed E-state index contributed by atoms with van der Waals surface area (Å²) in [5.41, 5.74) is 5.71. The van der Waals surface area contributed by atoms with E-state index in [0.717, 1.165) is 0 Å². The molecule has 0 amide bonds. The standard InChI is InChI=1S/C8H8N4O2/c1-12-2-4(3-13)5-6(12)10-8(9)11-7(5)14/h2-3H,1H3,(H3,9,10,11,14). The van der Waals surface area contributed by atoms with Gasteiger partial charge in [-0.05, 0) is 0 Å². The van der Waals surface area contributed by atoms with Crippen LogP contribution in [0.4, 0.5) is 5.95 Å². The maximum absolute atomic E-state index is 11.4. The van der Waals surface area contributed by atoms with Crippen LogP contribution in [0.2, 0.25) is 0 Å². The number of anilines is 1. The average molecular weight is 192 g/mol. The number of aromatic amines is 1. The first-order valence-electron chi connectivity index (χ1n) is 3.93. The van der Waals surface area contributed by atoms with E-state index in [1.54, 1.807) is 17.8 Å². The lowest BCUT2D eigenvalue weighted by atomic mass is 10.3. The summed E-state index contributed by atoms with van der Waals surface area (Å²) in [4.78, 5) is 28.4. The Morgan fingerprint density at radius 3 is 3.00 bits per heavy atom. The van der Waals surface area contributed by atoms with E-state index in [0.29, 0.717) is 17.5 Å². The van der Waals surface area contributed by atoms with Gasteiger partial charge in [0.05, 0.1) is 5.39 Å². The molecule has 72 valence electrons. The van der Waals surface area contributed by atoms with Gasteiger partial charge < -0.3 is 10.3 Å². The second-order valence-electron chi connectivity index (χ2n) is 2.96. The predicted octanol–water partition coefficient (Wildman–Crippen LogP) is -0.344. The van der Waals surface area contributed by atoms with Gasteiger partial charge in [0.1, 0.15) is 5.65 Å². The van der Waals surface area contributed by atoms with Crippen LogP contribution < -0.4 is 11.3 Å². The van der Waals surface area contributed by atoms with E-state index in [9.17, 15) is 9.59 Å². The molecule has 6 heteroatoms. The van der Waals surface area contributed by atoms with Gasteiger partial charge in [-0.25, -0.2) is 0 Å². The highest BCUT2D eigenvalue weighted by atomic mass is 16.1. The molecule has 0 saturated heterocycles. The number of H-pyrrole nitrogens is 1. The van der Waals surface area contributed by atoms with E-state index in [4.69, 9.17) is 5.73 Å². The quantitative estimate of drug-likeness (QED) is 0.604. The molecular weight excluding hydrogens is 184 g/mol. The van der Waals surface area contributed by atoms with Crippen LogP contribution in [-0.2, 0) is 7.05 Å². The average Bonchev–Trinajstić information content (AvgIpc) is 2.43. The van der Waals surface area contributed by atoms with Crippen LogP contribution in [0.3, 0.4) is 0 Å². The second-order valence-corrected chi connectivity index (χ2v) is 2.96. The molecule has 0 spiro atoms. The molecule has 0 aliphatic heterocycles. The van der Waals surface area contributed by atoms with E-state index >= 15 is 0 Å². The van der Waals surface area contributed by atoms with E-state index < -0.39 is 5.56 Å². The summed E-state index contributed by atoms with van der Waals surface area (Å²) in [6.45, 7) is 0. The molecule has 0 fully saturated rings. The van der Waals surface area contributed by atoms with Gasteiger partial charge in [-0.1, -0.05) is 0 Å². The van der Waals surface area contributed by atoms with Crippen molar-refractivity contribution in [3.63, 3.8) is 0 Å². The third-order valence-electron chi connectivity index (χ3n) is 2.00. The Hall–Kier alpha value is -2.11. The number of rotatable bonds is 1. The molecule has 2 heterocycles. The van der Waals surface area contributed by atoms with Crippen LogP contribution in [0.15, 0.2) is 11.0 Å². The van der Waals surface area contributed by atoms with Crippen LogP contribution in [0.1, 0.15) is 10.4 Å². The summed E-state index contributed by atoms with van der Waals surface area (Å²) in [7, 11) is 1.70. The number of carbonyl (C=O) groups excluding carboxylic acids is 1. The van der Waals surface area contributed by atoms with Crippen LogP contribution in [0.5, 0.6) is 0 Å². The fourth-order valence-electron chi connectivity index (χ4n) is 1.42. The molecule has 0 aromatic carbocycles. The van der Waals surface area contributed by atoms with Gasteiger partial charge in [-0.15, -0.1) is 0 Å². The van der Waals surface area contributed by atoms with Crippen molar-refractivity contribution < 1.29 is 4.79 Å². The van der Waals surface area contributed by atoms with Crippen LogP contribution in [0, 0.1) is 0 Å². The zero-order valence-corrected chi connectivity index (χ0v) is 7.44. The minimum atomic E-state index is -0.393. The number of carbonyl (C=O) groups is 1. The van der Waals surface area contributed by atoms with Crippen LogP contribution in [-0.4, -0.2) is 20.8 Å². The summed E-state index contributed by atoms with van der Waals surface area (Å²) < 4.78 is 1.59. The molecule has 0 aliphatic rings. The molecule has 14 heavy (non-hydrogen) atoms. The lowest BCUT2D eigenvalue weighted by molar-refractivity contribution is 0.112. The highest BCUT2D eigenvalue weighted by Crippen LogP contribution is 2.12. The first-order chi connectivity index (χ1) is 6.63. The topological polar surface area (TPSA) is 93.8 Å². The second kappa shape index (κ2) is 2.69. The molecule has 6 nitrogen and oxygen atoms in total. The van der Waals surface area contributed by atoms with E-state index in [2.05, 4.69) is 9.97 Å². The van der Waals surface area contributed by atoms with Gasteiger partial charge in [-0.3, -0.25) is 14.6 Å². The van der Waals surface area contributed by atoms with Gasteiger partial charge in [-0.2, -0.15) is 4.98 Å². The Balaban J connectivity index is 3.04. The molecule has 2 rings (SSSR count). The normalized spacial score (nSPS) is 10.6. The monoisotopic (exact) mass is 192 g/mol. The molecule has 0 bridgehead atoms. The minimum Gasteiger partial charge on any atom is -0.369 e. The van der Waals surface area contributed by atoms with Crippen molar-refractivity contribution in [3.05, 3.63) is 22.1 Å². The fourth-order valence-corrected chi connectivity index (χ4v) is 1.42. The Labute approximate surface area is 78.4 Å². The number of nitrogens with one attached hydrogen (secondary N) is 1. The number of hydrogen-bond donors (Lipinski definition) is 2. The molecular formula is C8H8N4O2. The van der Waals surface area contributed by atoms with Crippen molar-refractivity contribution in [2.24, 2.45) is 7.05 Å². The van der Waals surface area contributed by atoms with Gasteiger partial charge in [0.15, 0.2) is 6.29 Å². The highest BCUT2D eigenvalue weighted by Gasteiger charge is 2.11. The first kappa shape index (κ1) is 8.49. The van der Waals surface area contributed by atoms with Gasteiger partial charge in [0, 0.05) is 18.8 Å². The molecule has 0 unspecified atom stereocenters. The van der Waals surface area contributed by atoms with Gasteiger partial charge in [0.2, 0.25) is 5.95 Å². The van der Waals surface area contributed by atoms with Crippen molar-refractivity contribution in [2.45, 2.75) is 0 Å². The lowest BCUT2D eigenvalue weighted by Crippen LogP contribution is -2.12. The van der Waals surface area contributed by atoms with Crippen LogP contribution in [0.25, 0.3) is 11.0 Å². The summed E-state index contributed by atoms with van der Waals surface area (Å²) in [5.74, 6) is 0.0427. The number of hydrogen-bond acceptors (Lipinski definition) is 4. The largest absolute Gasteiger partial charge is 0.369 e. The lowest BCUT2D eigenvalue weighted by Gasteiger charge is -1.95. The SMILES string of the molecule is Cn1cc(C=O)c2c(=O)[nH]c(N)nc21. The summed E-state index contributed by atoms with van der Waals surface area (Å²) in [6.07, 6.45) is 2.16. The molecule has 0 aliphatic carbocycles. The number of nitrogens with zero attached hydrogens (tertiary/aromatic N) is 2.